The number of aliphatic hydroxyl groups is 1. The van der Waals surface area contributed by atoms with Gasteiger partial charge in [-0.15, -0.1) is 0 Å². The number of hydrogen-bond acceptors (Lipinski definition) is 4. The van der Waals surface area contributed by atoms with Gasteiger partial charge >= 0.3 is 0 Å². The Bertz CT molecular complexity index is 1010. The number of pyridine rings is 1. The number of aromatic nitrogens is 1. The highest BCUT2D eigenvalue weighted by Gasteiger charge is 2.48. The maximum Gasteiger partial charge on any atom is 0.226 e. The number of benzene rings is 1. The van der Waals surface area contributed by atoms with Gasteiger partial charge in [0.25, 0.3) is 0 Å². The molecular weight excluding hydrogens is 374 g/mol. The van der Waals surface area contributed by atoms with E-state index in [4.69, 9.17) is 0 Å². The van der Waals surface area contributed by atoms with Gasteiger partial charge in [0.15, 0.2) is 0 Å². The summed E-state index contributed by atoms with van der Waals surface area (Å²) >= 11 is 0. The van der Waals surface area contributed by atoms with Crippen LogP contribution in [0.25, 0.3) is 0 Å². The normalized spacial score (nSPS) is 25.1. The molecule has 1 N–H and O–H groups in total. The van der Waals surface area contributed by atoms with Crippen molar-refractivity contribution in [3.63, 3.8) is 0 Å². The van der Waals surface area contributed by atoms with Crippen LogP contribution in [0.5, 0.6) is 0 Å². The van der Waals surface area contributed by atoms with Crippen LogP contribution in [-0.2, 0) is 4.79 Å². The van der Waals surface area contributed by atoms with Crippen molar-refractivity contribution in [1.29, 1.82) is 0 Å². The molecule has 1 saturated carbocycles. The van der Waals surface area contributed by atoms with Gasteiger partial charge in [-0.25, -0.2) is 0 Å². The number of anilines is 1. The maximum atomic E-state index is 13.2. The second-order valence-corrected chi connectivity index (χ2v) is 8.68. The fraction of sp³-hybridized carbons (Fsp3) is 0.440. The lowest BCUT2D eigenvalue weighted by molar-refractivity contribution is -0.139. The highest BCUT2D eigenvalue weighted by Crippen LogP contribution is 2.49. The van der Waals surface area contributed by atoms with Crippen molar-refractivity contribution in [3.8, 4) is 11.8 Å². The quantitative estimate of drug-likeness (QED) is 0.786. The van der Waals surface area contributed by atoms with Crippen LogP contribution < -0.4 is 4.90 Å². The summed E-state index contributed by atoms with van der Waals surface area (Å²) in [5.74, 6) is 7.18. The van der Waals surface area contributed by atoms with Gasteiger partial charge in [0.05, 0.1) is 18.7 Å². The predicted octanol–water partition coefficient (Wildman–Crippen LogP) is 2.98. The smallest absolute Gasteiger partial charge is 0.226 e. The van der Waals surface area contributed by atoms with Crippen LogP contribution in [0.1, 0.15) is 48.4 Å². The second-order valence-electron chi connectivity index (χ2n) is 8.68. The monoisotopic (exact) mass is 401 g/mol. The fourth-order valence-electron chi connectivity index (χ4n) is 5.25. The van der Waals surface area contributed by atoms with Gasteiger partial charge in [0, 0.05) is 54.6 Å². The minimum Gasteiger partial charge on any atom is -0.394 e. The first kappa shape index (κ1) is 19.1. The molecule has 1 amide bonds. The highest BCUT2D eigenvalue weighted by molar-refractivity contribution is 5.81. The molecular formula is C25H27N3O2. The van der Waals surface area contributed by atoms with Crippen LogP contribution in [0.2, 0.25) is 0 Å². The molecule has 2 aliphatic heterocycles. The lowest BCUT2D eigenvalue weighted by Crippen LogP contribution is -2.49. The Morgan fingerprint density at radius 2 is 2.03 bits per heavy atom. The summed E-state index contributed by atoms with van der Waals surface area (Å²) in [7, 11) is 2.05. The van der Waals surface area contributed by atoms with E-state index in [0.29, 0.717) is 5.91 Å². The molecule has 30 heavy (non-hydrogen) atoms. The summed E-state index contributed by atoms with van der Waals surface area (Å²) in [6, 6.07) is 10.2. The molecule has 0 radical (unpaired) electrons. The summed E-state index contributed by atoms with van der Waals surface area (Å²) < 4.78 is 0. The first-order valence-corrected chi connectivity index (χ1v) is 10.9. The number of rotatable bonds is 2. The van der Waals surface area contributed by atoms with E-state index in [-0.39, 0.29) is 30.5 Å². The minimum atomic E-state index is 0.0293. The number of hydrogen-bond donors (Lipinski definition) is 1. The number of nitrogens with zero attached hydrogens (tertiary/aromatic N) is 3. The Labute approximate surface area is 177 Å². The molecule has 2 fully saturated rings. The van der Waals surface area contributed by atoms with E-state index in [0.717, 1.165) is 54.6 Å². The van der Waals surface area contributed by atoms with E-state index in [2.05, 4.69) is 38.8 Å². The molecule has 1 aromatic heterocycles. The predicted molar refractivity (Wildman–Crippen MR) is 116 cm³/mol. The van der Waals surface area contributed by atoms with Gasteiger partial charge in [0.2, 0.25) is 5.91 Å². The molecule has 3 aliphatic rings. The maximum absolute atomic E-state index is 13.2. The summed E-state index contributed by atoms with van der Waals surface area (Å²) in [5, 5.41) is 10.1. The van der Waals surface area contributed by atoms with Crippen LogP contribution in [0.3, 0.4) is 0 Å². The van der Waals surface area contributed by atoms with Crippen LogP contribution in [0.15, 0.2) is 42.7 Å². The number of fused-ring (bicyclic) bond motifs is 3. The number of aliphatic hydroxyl groups excluding tert-OH is 1. The van der Waals surface area contributed by atoms with Gasteiger partial charge < -0.3 is 14.9 Å². The van der Waals surface area contributed by atoms with E-state index in [1.807, 2.05) is 25.2 Å². The molecule has 0 spiro atoms. The zero-order valence-electron chi connectivity index (χ0n) is 17.3. The van der Waals surface area contributed by atoms with Gasteiger partial charge in [0.1, 0.15) is 0 Å². The molecule has 154 valence electrons. The lowest BCUT2D eigenvalue weighted by atomic mass is 9.80. The molecule has 5 heteroatoms. The number of likely N-dealkylation sites (N-methyl/N-ethyl adjacent to an activating group) is 1. The molecule has 5 nitrogen and oxygen atoms in total. The topological polar surface area (TPSA) is 56.7 Å². The molecule has 3 atom stereocenters. The van der Waals surface area contributed by atoms with Gasteiger partial charge in [-0.2, -0.15) is 0 Å². The molecule has 0 bridgehead atoms. The molecule has 5 rings (SSSR count). The van der Waals surface area contributed by atoms with Crippen molar-refractivity contribution < 1.29 is 9.90 Å². The third kappa shape index (κ3) is 3.16. The Balaban J connectivity index is 1.53. The molecule has 1 aromatic carbocycles. The molecule has 3 heterocycles. The number of likely N-dealkylation sites (tertiary alicyclic amines) is 1. The van der Waals surface area contributed by atoms with Crippen molar-refractivity contribution in [2.24, 2.45) is 11.8 Å². The average molecular weight is 402 g/mol. The molecule has 2 aromatic rings. The highest BCUT2D eigenvalue weighted by atomic mass is 16.3. The second kappa shape index (κ2) is 7.77. The van der Waals surface area contributed by atoms with Crippen LogP contribution in [-0.4, -0.2) is 47.1 Å². The van der Waals surface area contributed by atoms with Crippen LogP contribution in [0.4, 0.5) is 5.69 Å². The number of carbonyl (C=O) groups is 1. The SMILES string of the molecule is CN1c2ccc(C#Cc3cccnc3)cc2[C@@H]2[C@@H](CCN2C(=O)C2CCC2)[C@@H]1CO. The average Bonchev–Trinajstić information content (AvgIpc) is 3.17. The van der Waals surface area contributed by atoms with Crippen LogP contribution >= 0.6 is 0 Å². The molecule has 0 unspecified atom stereocenters. The van der Waals surface area contributed by atoms with Crippen molar-refractivity contribution in [3.05, 3.63) is 59.4 Å². The number of carbonyl (C=O) groups excluding carboxylic acids is 1. The van der Waals surface area contributed by atoms with Crippen molar-refractivity contribution in [1.82, 2.24) is 9.88 Å². The number of amides is 1. The summed E-state index contributed by atoms with van der Waals surface area (Å²) in [4.78, 5) is 21.6. The van der Waals surface area contributed by atoms with E-state index in [9.17, 15) is 9.90 Å². The molecule has 1 aliphatic carbocycles. The fourth-order valence-corrected chi connectivity index (χ4v) is 5.25. The first-order chi connectivity index (χ1) is 14.7. The van der Waals surface area contributed by atoms with Crippen molar-refractivity contribution in [2.45, 2.75) is 37.8 Å². The van der Waals surface area contributed by atoms with Gasteiger partial charge in [-0.05, 0) is 55.2 Å². The van der Waals surface area contributed by atoms with Gasteiger partial charge in [-0.1, -0.05) is 18.3 Å². The summed E-state index contributed by atoms with van der Waals surface area (Å²) in [5.41, 5.74) is 4.08. The van der Waals surface area contributed by atoms with Gasteiger partial charge in [-0.3, -0.25) is 9.78 Å². The van der Waals surface area contributed by atoms with E-state index in [1.165, 1.54) is 0 Å². The Morgan fingerprint density at radius 3 is 2.73 bits per heavy atom. The summed E-state index contributed by atoms with van der Waals surface area (Å²) in [6.07, 6.45) is 7.62. The minimum absolute atomic E-state index is 0.0293. The van der Waals surface area contributed by atoms with Crippen molar-refractivity contribution in [2.75, 3.05) is 25.1 Å². The van der Waals surface area contributed by atoms with Crippen LogP contribution in [0, 0.1) is 23.7 Å². The zero-order valence-corrected chi connectivity index (χ0v) is 17.3. The first-order valence-electron chi connectivity index (χ1n) is 10.9. The third-order valence-corrected chi connectivity index (χ3v) is 7.10. The van der Waals surface area contributed by atoms with E-state index in [1.54, 1.807) is 12.4 Å². The zero-order chi connectivity index (χ0) is 20.7. The molecule has 1 saturated heterocycles. The van der Waals surface area contributed by atoms with E-state index >= 15 is 0 Å². The Morgan fingerprint density at radius 1 is 1.20 bits per heavy atom. The Kier molecular flexibility index (Phi) is 4.96. The lowest BCUT2D eigenvalue weighted by Gasteiger charge is -2.45. The van der Waals surface area contributed by atoms with E-state index < -0.39 is 0 Å². The standard InChI is InChI=1S/C25H27N3O2/c1-27-22-10-9-17(7-8-18-4-3-12-26-15-18)14-21(22)24-20(23(27)16-29)11-13-28(24)25(30)19-5-2-6-19/h3-4,9-10,12,14-15,19-20,23-24,29H,2,5-6,11,13,16H2,1H3/t20-,23-,24-/m0/s1. The largest absolute Gasteiger partial charge is 0.394 e. The third-order valence-electron chi connectivity index (χ3n) is 7.10. The summed E-state index contributed by atoms with van der Waals surface area (Å²) in [6.45, 7) is 0.880. The Hall–Kier alpha value is -2.84. The van der Waals surface area contributed by atoms with Crippen molar-refractivity contribution >= 4 is 11.6 Å².